The van der Waals surface area contributed by atoms with E-state index in [9.17, 15) is 5.11 Å². The summed E-state index contributed by atoms with van der Waals surface area (Å²) in [6, 6.07) is 2.49. The van der Waals surface area contributed by atoms with Gasteiger partial charge in [-0.05, 0) is 44.1 Å². The van der Waals surface area contributed by atoms with Gasteiger partial charge in [-0.1, -0.05) is 22.6 Å². The zero-order valence-electron chi connectivity index (χ0n) is 12.4. The summed E-state index contributed by atoms with van der Waals surface area (Å²) in [6.07, 6.45) is 6.09. The van der Waals surface area contributed by atoms with E-state index in [2.05, 4.69) is 43.6 Å². The molecule has 3 heterocycles. The first-order valence-electron chi connectivity index (χ1n) is 7.71. The van der Waals surface area contributed by atoms with E-state index < -0.39 is 6.10 Å². The second-order valence-corrected chi connectivity index (χ2v) is 8.73. The zero-order chi connectivity index (χ0) is 15.3. The van der Waals surface area contributed by atoms with Crippen LogP contribution in [0.1, 0.15) is 50.6 Å². The predicted molar refractivity (Wildman–Crippen MR) is 98.9 cm³/mol. The molecule has 1 N–H and O–H groups in total. The fraction of sp³-hybridized carbons (Fsp3) is 0.500. The lowest BCUT2D eigenvalue weighted by molar-refractivity contribution is 0.178. The van der Waals surface area contributed by atoms with Crippen molar-refractivity contribution in [2.24, 2.45) is 0 Å². The van der Waals surface area contributed by atoms with Crippen LogP contribution in [0, 0.1) is 0 Å². The second-order valence-electron chi connectivity index (χ2n) is 6.05. The standard InChI is InChI=1S/C16H18IN3OS/c1-9(21)16-19-13-8-18-12-6-7-22-15(12)14(13)20(16)11-4-2-10(17)3-5-11/h6-11,21H,2-5H2,1H3/t9-,10?,11?/m1/s1. The summed E-state index contributed by atoms with van der Waals surface area (Å²) in [6.45, 7) is 1.81. The van der Waals surface area contributed by atoms with Crippen molar-refractivity contribution in [2.45, 2.75) is 48.7 Å². The monoisotopic (exact) mass is 427 g/mol. The van der Waals surface area contributed by atoms with E-state index in [1.807, 2.05) is 6.20 Å². The zero-order valence-corrected chi connectivity index (χ0v) is 15.3. The number of thiophene rings is 1. The van der Waals surface area contributed by atoms with E-state index in [4.69, 9.17) is 4.98 Å². The smallest absolute Gasteiger partial charge is 0.138 e. The number of halogens is 1. The van der Waals surface area contributed by atoms with Crippen LogP contribution in [0.3, 0.4) is 0 Å². The minimum absolute atomic E-state index is 0.438. The van der Waals surface area contributed by atoms with Gasteiger partial charge >= 0.3 is 0 Å². The van der Waals surface area contributed by atoms with Crippen LogP contribution < -0.4 is 0 Å². The van der Waals surface area contributed by atoms with Crippen molar-refractivity contribution in [3.63, 3.8) is 0 Å². The van der Waals surface area contributed by atoms with Crippen molar-refractivity contribution >= 4 is 55.2 Å². The van der Waals surface area contributed by atoms with Crippen molar-refractivity contribution in [1.82, 2.24) is 14.5 Å². The molecular weight excluding hydrogens is 409 g/mol. The molecule has 22 heavy (non-hydrogen) atoms. The molecule has 0 bridgehead atoms. The fourth-order valence-corrected chi connectivity index (χ4v) is 5.06. The molecule has 0 radical (unpaired) electrons. The maximum absolute atomic E-state index is 10.2. The van der Waals surface area contributed by atoms with Crippen molar-refractivity contribution in [2.75, 3.05) is 0 Å². The number of nitrogens with zero attached hydrogens (tertiary/aromatic N) is 3. The summed E-state index contributed by atoms with van der Waals surface area (Å²) in [5.41, 5.74) is 3.09. The fourth-order valence-electron chi connectivity index (χ4n) is 3.45. The quantitative estimate of drug-likeness (QED) is 0.480. The Morgan fingerprint density at radius 2 is 2.09 bits per heavy atom. The highest BCUT2D eigenvalue weighted by Gasteiger charge is 2.27. The molecule has 0 spiro atoms. The predicted octanol–water partition coefficient (Wildman–Crippen LogP) is 4.62. The molecule has 4 nitrogen and oxygen atoms in total. The van der Waals surface area contributed by atoms with Gasteiger partial charge in [0, 0.05) is 9.97 Å². The number of aliphatic hydroxyl groups excluding tert-OH is 1. The van der Waals surface area contributed by atoms with Gasteiger partial charge in [0.2, 0.25) is 0 Å². The topological polar surface area (TPSA) is 50.9 Å². The van der Waals surface area contributed by atoms with Crippen LogP contribution in [0.15, 0.2) is 17.6 Å². The van der Waals surface area contributed by atoms with E-state index in [1.54, 1.807) is 18.3 Å². The van der Waals surface area contributed by atoms with Gasteiger partial charge in [0.1, 0.15) is 17.4 Å². The number of alkyl halides is 1. The van der Waals surface area contributed by atoms with Gasteiger partial charge in [0.05, 0.1) is 21.9 Å². The Morgan fingerprint density at radius 3 is 2.82 bits per heavy atom. The first kappa shape index (κ1) is 14.8. The third kappa shape index (κ3) is 2.35. The first-order chi connectivity index (χ1) is 10.6. The molecule has 1 aliphatic carbocycles. The maximum atomic E-state index is 10.2. The van der Waals surface area contributed by atoms with E-state index in [1.165, 1.54) is 17.5 Å². The summed E-state index contributed by atoms with van der Waals surface area (Å²) in [5, 5.41) is 12.3. The SMILES string of the molecule is C[C@@H](O)c1nc2cnc3ccsc3c2n1C1CCC(I)CC1. The van der Waals surface area contributed by atoms with Crippen molar-refractivity contribution in [3.8, 4) is 0 Å². The minimum Gasteiger partial charge on any atom is -0.385 e. The van der Waals surface area contributed by atoms with E-state index >= 15 is 0 Å². The lowest BCUT2D eigenvalue weighted by atomic mass is 9.95. The Labute approximate surface area is 146 Å². The lowest BCUT2D eigenvalue weighted by Crippen LogP contribution is -2.20. The Kier molecular flexibility index (Phi) is 3.86. The van der Waals surface area contributed by atoms with Gasteiger partial charge in [0.25, 0.3) is 0 Å². The summed E-state index contributed by atoms with van der Waals surface area (Å²) in [7, 11) is 0. The van der Waals surface area contributed by atoms with Gasteiger partial charge in [0.15, 0.2) is 0 Å². The van der Waals surface area contributed by atoms with E-state index in [0.717, 1.165) is 39.1 Å². The lowest BCUT2D eigenvalue weighted by Gasteiger charge is -2.28. The summed E-state index contributed by atoms with van der Waals surface area (Å²) < 4.78 is 4.28. The van der Waals surface area contributed by atoms with Crippen LogP contribution in [-0.4, -0.2) is 23.6 Å². The second kappa shape index (κ2) is 5.72. The van der Waals surface area contributed by atoms with E-state index in [0.29, 0.717) is 6.04 Å². The maximum Gasteiger partial charge on any atom is 0.138 e. The highest BCUT2D eigenvalue weighted by Crippen LogP contribution is 2.39. The van der Waals surface area contributed by atoms with Gasteiger partial charge in [-0.15, -0.1) is 11.3 Å². The highest BCUT2D eigenvalue weighted by molar-refractivity contribution is 14.1. The minimum atomic E-state index is -0.556. The molecule has 0 amide bonds. The molecule has 0 aromatic carbocycles. The third-order valence-electron chi connectivity index (χ3n) is 4.52. The number of hydrogen-bond donors (Lipinski definition) is 1. The molecule has 0 unspecified atom stereocenters. The Hall–Kier alpha value is -0.730. The Bertz CT molecular complexity index is 817. The Morgan fingerprint density at radius 1 is 1.32 bits per heavy atom. The average molecular weight is 427 g/mol. The highest BCUT2D eigenvalue weighted by atomic mass is 127. The van der Waals surface area contributed by atoms with Gasteiger partial charge in [-0.3, -0.25) is 4.98 Å². The van der Waals surface area contributed by atoms with Crippen molar-refractivity contribution in [1.29, 1.82) is 0 Å². The van der Waals surface area contributed by atoms with Gasteiger partial charge in [-0.25, -0.2) is 4.98 Å². The molecule has 1 fully saturated rings. The van der Waals surface area contributed by atoms with Crippen molar-refractivity contribution in [3.05, 3.63) is 23.5 Å². The van der Waals surface area contributed by atoms with Crippen LogP contribution in [0.4, 0.5) is 0 Å². The van der Waals surface area contributed by atoms with Crippen LogP contribution in [0.2, 0.25) is 0 Å². The molecular formula is C16H18IN3OS. The van der Waals surface area contributed by atoms with Crippen LogP contribution in [-0.2, 0) is 0 Å². The van der Waals surface area contributed by atoms with E-state index in [-0.39, 0.29) is 0 Å². The molecule has 0 saturated heterocycles. The number of pyridine rings is 1. The van der Waals surface area contributed by atoms with Crippen LogP contribution in [0.25, 0.3) is 21.3 Å². The number of rotatable bonds is 2. The Balaban J connectivity index is 1.96. The largest absolute Gasteiger partial charge is 0.385 e. The summed E-state index contributed by atoms with van der Waals surface area (Å²) in [4.78, 5) is 9.18. The molecule has 4 rings (SSSR count). The summed E-state index contributed by atoms with van der Waals surface area (Å²) in [5.74, 6) is 0.787. The van der Waals surface area contributed by atoms with Crippen molar-refractivity contribution < 1.29 is 5.11 Å². The molecule has 116 valence electrons. The number of aliphatic hydroxyl groups is 1. The number of imidazole rings is 1. The molecule has 0 aliphatic heterocycles. The normalized spacial score (nSPS) is 24.1. The van der Waals surface area contributed by atoms with Gasteiger partial charge < -0.3 is 9.67 Å². The third-order valence-corrected chi connectivity index (χ3v) is 6.67. The average Bonchev–Trinajstić information content (AvgIpc) is 3.11. The molecule has 1 aliphatic rings. The number of aromatic nitrogens is 3. The summed E-state index contributed by atoms with van der Waals surface area (Å²) >= 11 is 4.27. The molecule has 3 aromatic rings. The molecule has 3 aromatic heterocycles. The first-order valence-corrected chi connectivity index (χ1v) is 9.84. The van der Waals surface area contributed by atoms with Gasteiger partial charge in [-0.2, -0.15) is 0 Å². The van der Waals surface area contributed by atoms with Crippen LogP contribution in [0.5, 0.6) is 0 Å². The van der Waals surface area contributed by atoms with Crippen LogP contribution >= 0.6 is 33.9 Å². The molecule has 1 saturated carbocycles. The number of fused-ring (bicyclic) bond motifs is 3. The number of hydrogen-bond acceptors (Lipinski definition) is 4. The molecule has 1 atom stereocenters. The molecule has 6 heteroatoms.